The maximum Gasteiger partial charge on any atom is 0.262 e. The lowest BCUT2D eigenvalue weighted by Crippen LogP contribution is -2.46. The zero-order chi connectivity index (χ0) is 17.6. The van der Waals surface area contributed by atoms with E-state index in [1.807, 2.05) is 0 Å². The zero-order valence-electron chi connectivity index (χ0n) is 13.5. The van der Waals surface area contributed by atoms with Gasteiger partial charge in [0.05, 0.1) is 12.6 Å². The molecule has 1 amide bonds. The van der Waals surface area contributed by atoms with Crippen molar-refractivity contribution in [1.82, 2.24) is 15.2 Å². The van der Waals surface area contributed by atoms with Crippen LogP contribution in [0.4, 0.5) is 8.78 Å². The van der Waals surface area contributed by atoms with Gasteiger partial charge in [-0.1, -0.05) is 11.6 Å². The second kappa shape index (κ2) is 6.21. The summed E-state index contributed by atoms with van der Waals surface area (Å²) in [6, 6.07) is 4.52. The molecule has 0 saturated carbocycles. The number of piperidine rings is 1. The first-order valence-electron chi connectivity index (χ1n) is 8.37. The van der Waals surface area contributed by atoms with Gasteiger partial charge in [0.1, 0.15) is 5.52 Å². The Kier molecular flexibility index (Phi) is 4.16. The number of hydrogen-bond donors (Lipinski definition) is 1. The fraction of sp³-hybridized carbons (Fsp3) is 0.529. The molecular weight excluding hydrogens is 352 g/mol. The van der Waals surface area contributed by atoms with Crippen molar-refractivity contribution < 1.29 is 18.0 Å². The highest BCUT2D eigenvalue weighted by molar-refractivity contribution is 6.31. The Labute approximate surface area is 148 Å². The van der Waals surface area contributed by atoms with E-state index < -0.39 is 24.9 Å². The smallest absolute Gasteiger partial charge is 0.262 e. The summed E-state index contributed by atoms with van der Waals surface area (Å²) in [5, 5.41) is 3.23. The van der Waals surface area contributed by atoms with Crippen LogP contribution in [0.15, 0.2) is 22.6 Å². The lowest BCUT2D eigenvalue weighted by molar-refractivity contribution is -0.134. The molecule has 0 bridgehead atoms. The van der Waals surface area contributed by atoms with Crippen molar-refractivity contribution >= 4 is 28.6 Å². The van der Waals surface area contributed by atoms with Gasteiger partial charge in [-0.05, 0) is 31.0 Å². The molecule has 1 unspecified atom stereocenters. The summed E-state index contributed by atoms with van der Waals surface area (Å²) >= 11 is 5.96. The van der Waals surface area contributed by atoms with Gasteiger partial charge < -0.3 is 9.32 Å². The molecule has 1 atom stereocenters. The number of carbonyl (C=O) groups excluding carboxylic acids is 1. The fourth-order valence-electron chi connectivity index (χ4n) is 3.55. The minimum absolute atomic E-state index is 0.119. The van der Waals surface area contributed by atoms with E-state index in [0.29, 0.717) is 42.4 Å². The number of nitrogens with zero attached hydrogens (tertiary/aromatic N) is 2. The van der Waals surface area contributed by atoms with Crippen LogP contribution in [-0.4, -0.2) is 47.4 Å². The van der Waals surface area contributed by atoms with Crippen molar-refractivity contribution in [1.29, 1.82) is 0 Å². The third-order valence-electron chi connectivity index (χ3n) is 4.93. The molecule has 3 heterocycles. The van der Waals surface area contributed by atoms with Crippen molar-refractivity contribution in [3.05, 3.63) is 29.1 Å². The quantitative estimate of drug-likeness (QED) is 0.883. The van der Waals surface area contributed by atoms with Gasteiger partial charge >= 0.3 is 0 Å². The number of carbonyl (C=O) groups is 1. The monoisotopic (exact) mass is 369 g/mol. The van der Waals surface area contributed by atoms with Crippen molar-refractivity contribution in [3.8, 4) is 0 Å². The molecule has 2 fully saturated rings. The molecule has 2 aliphatic rings. The van der Waals surface area contributed by atoms with Gasteiger partial charge in [0.2, 0.25) is 5.91 Å². The van der Waals surface area contributed by atoms with Crippen LogP contribution in [0.2, 0.25) is 5.02 Å². The Balaban J connectivity index is 1.40. The molecule has 2 aliphatic heterocycles. The lowest BCUT2D eigenvalue weighted by atomic mass is 9.96. The number of benzene rings is 1. The largest absolute Gasteiger partial charge is 0.440 e. The third-order valence-corrected chi connectivity index (χ3v) is 5.17. The van der Waals surface area contributed by atoms with E-state index in [-0.39, 0.29) is 11.8 Å². The Bertz CT molecular complexity index is 802. The minimum Gasteiger partial charge on any atom is -0.440 e. The normalized spacial score (nSPS) is 24.1. The van der Waals surface area contributed by atoms with Crippen LogP contribution >= 0.6 is 11.6 Å². The third kappa shape index (κ3) is 3.35. The van der Waals surface area contributed by atoms with Crippen molar-refractivity contribution in [2.24, 2.45) is 0 Å². The van der Waals surface area contributed by atoms with Gasteiger partial charge in [0.25, 0.3) is 5.92 Å². The predicted octanol–water partition coefficient (Wildman–Crippen LogP) is 3.18. The summed E-state index contributed by atoms with van der Waals surface area (Å²) in [5.74, 6) is -2.26. The second-order valence-electron chi connectivity index (χ2n) is 6.76. The second-order valence-corrected chi connectivity index (χ2v) is 7.19. The Morgan fingerprint density at radius 3 is 2.80 bits per heavy atom. The van der Waals surface area contributed by atoms with Crippen LogP contribution in [0, 0.1) is 0 Å². The molecule has 1 aromatic carbocycles. The number of oxazole rings is 1. The summed E-state index contributed by atoms with van der Waals surface area (Å²) in [6.45, 7) is 0.616. The molecule has 4 rings (SSSR count). The van der Waals surface area contributed by atoms with Gasteiger partial charge in [-0.25, -0.2) is 13.8 Å². The molecule has 1 N–H and O–H groups in total. The minimum atomic E-state index is -2.79. The van der Waals surface area contributed by atoms with E-state index in [1.54, 1.807) is 23.1 Å². The highest BCUT2D eigenvalue weighted by Crippen LogP contribution is 2.32. The number of likely N-dealkylation sites (tertiary alicyclic amines) is 1. The van der Waals surface area contributed by atoms with Gasteiger partial charge in [-0.2, -0.15) is 0 Å². The van der Waals surface area contributed by atoms with E-state index in [9.17, 15) is 13.6 Å². The summed E-state index contributed by atoms with van der Waals surface area (Å²) in [4.78, 5) is 18.5. The molecule has 0 aliphatic carbocycles. The maximum absolute atomic E-state index is 13.3. The van der Waals surface area contributed by atoms with Gasteiger partial charge in [-0.3, -0.25) is 10.1 Å². The first-order chi connectivity index (χ1) is 11.9. The molecule has 8 heteroatoms. The number of halogens is 3. The van der Waals surface area contributed by atoms with Crippen LogP contribution in [0.1, 0.15) is 31.1 Å². The van der Waals surface area contributed by atoms with Crippen LogP contribution in [-0.2, 0) is 4.79 Å². The van der Waals surface area contributed by atoms with Crippen LogP contribution in [0.5, 0.6) is 0 Å². The van der Waals surface area contributed by atoms with Gasteiger partial charge in [-0.15, -0.1) is 0 Å². The Hall–Kier alpha value is -1.73. The average Bonchev–Trinajstić information content (AvgIpc) is 3.17. The van der Waals surface area contributed by atoms with E-state index >= 15 is 0 Å². The van der Waals surface area contributed by atoms with E-state index in [0.717, 1.165) is 5.52 Å². The lowest BCUT2D eigenvalue weighted by Gasteiger charge is -2.32. The summed E-state index contributed by atoms with van der Waals surface area (Å²) in [6.07, 6.45) is 0.989. The van der Waals surface area contributed by atoms with Gasteiger partial charge in [0, 0.05) is 30.5 Å². The number of fused-ring (bicyclic) bond motifs is 1. The number of amides is 1. The van der Waals surface area contributed by atoms with Crippen LogP contribution < -0.4 is 5.32 Å². The molecule has 1 aromatic heterocycles. The maximum atomic E-state index is 13.3. The molecule has 25 heavy (non-hydrogen) atoms. The first kappa shape index (κ1) is 16.7. The van der Waals surface area contributed by atoms with E-state index in [4.69, 9.17) is 16.0 Å². The van der Waals surface area contributed by atoms with Crippen LogP contribution in [0.3, 0.4) is 0 Å². The topological polar surface area (TPSA) is 58.4 Å². The molecule has 134 valence electrons. The van der Waals surface area contributed by atoms with Crippen molar-refractivity contribution in [2.75, 3.05) is 19.6 Å². The standard InChI is InChI=1S/C17H18ClF2N3O2/c18-11-1-2-14-12(7-11)22-15(25-14)10-3-5-23(6-4-10)16(24)13-8-17(19,20)9-21-13/h1-2,7,10,13,21H,3-6,8-9H2. The fourth-order valence-corrected chi connectivity index (χ4v) is 3.72. The molecule has 5 nitrogen and oxygen atoms in total. The van der Waals surface area contributed by atoms with E-state index in [2.05, 4.69) is 10.3 Å². The highest BCUT2D eigenvalue weighted by atomic mass is 35.5. The van der Waals surface area contributed by atoms with Crippen molar-refractivity contribution in [2.45, 2.75) is 37.1 Å². The number of hydrogen-bond acceptors (Lipinski definition) is 4. The average molecular weight is 370 g/mol. The predicted molar refractivity (Wildman–Crippen MR) is 88.9 cm³/mol. The Morgan fingerprint density at radius 2 is 2.12 bits per heavy atom. The number of alkyl halides is 2. The highest BCUT2D eigenvalue weighted by Gasteiger charge is 2.44. The number of rotatable bonds is 2. The Morgan fingerprint density at radius 1 is 1.36 bits per heavy atom. The van der Waals surface area contributed by atoms with Gasteiger partial charge in [0.15, 0.2) is 11.5 Å². The summed E-state index contributed by atoms with van der Waals surface area (Å²) in [5.41, 5.74) is 1.41. The molecular formula is C17H18ClF2N3O2. The molecule has 0 spiro atoms. The molecule has 0 radical (unpaired) electrons. The molecule has 2 aromatic rings. The zero-order valence-corrected chi connectivity index (χ0v) is 14.2. The number of aromatic nitrogens is 1. The number of nitrogens with one attached hydrogen (secondary N) is 1. The summed E-state index contributed by atoms with van der Waals surface area (Å²) < 4.78 is 32.3. The van der Waals surface area contributed by atoms with E-state index in [1.165, 1.54) is 0 Å². The SMILES string of the molecule is O=C(C1CC(F)(F)CN1)N1CCC(c2nc3cc(Cl)ccc3o2)CC1. The van der Waals surface area contributed by atoms with Crippen molar-refractivity contribution in [3.63, 3.8) is 0 Å². The first-order valence-corrected chi connectivity index (χ1v) is 8.75. The molecule has 2 saturated heterocycles. The van der Waals surface area contributed by atoms with Crippen LogP contribution in [0.25, 0.3) is 11.1 Å². The summed E-state index contributed by atoms with van der Waals surface area (Å²) in [7, 11) is 0.